The molecule has 16 heavy (non-hydrogen) atoms. The standard InChI is InChI=1S/C10H7Br2N3S/c11-6-4-7(12)10(14-5-6)15-3-1-2-8(15)9(13)16/h1-5H,(H2,13,16). The topological polar surface area (TPSA) is 43.8 Å². The predicted octanol–water partition coefficient (Wildman–Crippen LogP) is 3.03. The van der Waals surface area contributed by atoms with Gasteiger partial charge in [-0.2, -0.15) is 0 Å². The SMILES string of the molecule is NC(=S)c1cccn1-c1ncc(Br)cc1Br. The molecule has 0 amide bonds. The first-order valence-corrected chi connectivity index (χ1v) is 6.37. The Morgan fingerprint density at radius 2 is 2.19 bits per heavy atom. The average molecular weight is 361 g/mol. The highest BCUT2D eigenvalue weighted by atomic mass is 79.9. The van der Waals surface area contributed by atoms with Crippen LogP contribution in [-0.2, 0) is 0 Å². The van der Waals surface area contributed by atoms with E-state index in [1.807, 2.05) is 29.0 Å². The molecule has 82 valence electrons. The molecule has 2 N–H and O–H groups in total. The highest BCUT2D eigenvalue weighted by Crippen LogP contribution is 2.23. The van der Waals surface area contributed by atoms with E-state index in [0.29, 0.717) is 4.99 Å². The largest absolute Gasteiger partial charge is 0.388 e. The smallest absolute Gasteiger partial charge is 0.151 e. The Hall–Kier alpha value is -0.720. The summed E-state index contributed by atoms with van der Waals surface area (Å²) in [5.74, 6) is 0.760. The summed E-state index contributed by atoms with van der Waals surface area (Å²) >= 11 is 11.8. The van der Waals surface area contributed by atoms with Crippen LogP contribution in [0.5, 0.6) is 0 Å². The van der Waals surface area contributed by atoms with Crippen LogP contribution < -0.4 is 5.73 Å². The number of hydrogen-bond acceptors (Lipinski definition) is 2. The number of nitrogens with zero attached hydrogens (tertiary/aromatic N) is 2. The van der Waals surface area contributed by atoms with Gasteiger partial charge in [0.15, 0.2) is 5.82 Å². The summed E-state index contributed by atoms with van der Waals surface area (Å²) in [5.41, 5.74) is 6.40. The number of nitrogens with two attached hydrogens (primary N) is 1. The lowest BCUT2D eigenvalue weighted by molar-refractivity contribution is 0.984. The lowest BCUT2D eigenvalue weighted by Crippen LogP contribution is -2.15. The van der Waals surface area contributed by atoms with E-state index < -0.39 is 0 Å². The zero-order valence-corrected chi connectivity index (χ0v) is 12.0. The summed E-state index contributed by atoms with van der Waals surface area (Å²) in [5, 5.41) is 0. The fourth-order valence-electron chi connectivity index (χ4n) is 1.35. The van der Waals surface area contributed by atoms with E-state index in [-0.39, 0.29) is 0 Å². The Morgan fingerprint density at radius 3 is 2.81 bits per heavy atom. The molecule has 0 atom stereocenters. The number of aromatic nitrogens is 2. The third-order valence-electron chi connectivity index (χ3n) is 2.02. The molecule has 0 unspecified atom stereocenters. The van der Waals surface area contributed by atoms with E-state index in [0.717, 1.165) is 20.5 Å². The zero-order chi connectivity index (χ0) is 11.7. The summed E-state index contributed by atoms with van der Waals surface area (Å²) in [7, 11) is 0. The number of rotatable bonds is 2. The molecule has 0 aliphatic heterocycles. The first-order chi connectivity index (χ1) is 7.59. The number of pyridine rings is 1. The van der Waals surface area contributed by atoms with Crippen molar-refractivity contribution in [3.8, 4) is 5.82 Å². The van der Waals surface area contributed by atoms with Crippen molar-refractivity contribution < 1.29 is 0 Å². The van der Waals surface area contributed by atoms with Crippen molar-refractivity contribution in [2.45, 2.75) is 0 Å². The molecule has 2 aromatic heterocycles. The maximum atomic E-state index is 5.63. The van der Waals surface area contributed by atoms with Gasteiger partial charge in [0.1, 0.15) is 4.99 Å². The van der Waals surface area contributed by atoms with Crippen LogP contribution in [0.2, 0.25) is 0 Å². The zero-order valence-electron chi connectivity index (χ0n) is 8.02. The van der Waals surface area contributed by atoms with E-state index in [4.69, 9.17) is 18.0 Å². The van der Waals surface area contributed by atoms with Gasteiger partial charge in [0.05, 0.1) is 10.2 Å². The summed E-state index contributed by atoms with van der Waals surface area (Å²) in [6, 6.07) is 5.66. The van der Waals surface area contributed by atoms with Crippen molar-refractivity contribution in [1.29, 1.82) is 0 Å². The third kappa shape index (κ3) is 2.18. The van der Waals surface area contributed by atoms with Crippen LogP contribution in [0.25, 0.3) is 5.82 Å². The summed E-state index contributed by atoms with van der Waals surface area (Å²) < 4.78 is 3.63. The maximum Gasteiger partial charge on any atom is 0.151 e. The highest BCUT2D eigenvalue weighted by Gasteiger charge is 2.09. The Bertz CT molecular complexity index is 551. The quantitative estimate of drug-likeness (QED) is 0.837. The molecule has 0 saturated carbocycles. The molecular formula is C10H7Br2N3S. The molecule has 0 aromatic carbocycles. The second-order valence-corrected chi connectivity index (χ2v) is 5.30. The number of thiocarbonyl (C=S) groups is 1. The second-order valence-electron chi connectivity index (χ2n) is 3.09. The van der Waals surface area contributed by atoms with Crippen LogP contribution in [0.3, 0.4) is 0 Å². The predicted molar refractivity (Wildman–Crippen MR) is 74.9 cm³/mol. The van der Waals surface area contributed by atoms with Gasteiger partial charge in [-0.05, 0) is 50.1 Å². The summed E-state index contributed by atoms with van der Waals surface area (Å²) in [4.78, 5) is 4.67. The van der Waals surface area contributed by atoms with Crippen LogP contribution >= 0.6 is 44.1 Å². The minimum atomic E-state index is 0.349. The van der Waals surface area contributed by atoms with Crippen LogP contribution in [-0.4, -0.2) is 14.5 Å². The fraction of sp³-hybridized carbons (Fsp3) is 0. The van der Waals surface area contributed by atoms with Gasteiger partial charge in [0.25, 0.3) is 0 Å². The molecular weight excluding hydrogens is 354 g/mol. The van der Waals surface area contributed by atoms with E-state index in [2.05, 4.69) is 36.8 Å². The molecule has 2 aromatic rings. The molecule has 0 bridgehead atoms. The molecule has 0 aliphatic rings. The first-order valence-electron chi connectivity index (χ1n) is 4.38. The third-order valence-corrected chi connectivity index (χ3v) is 3.24. The first kappa shape index (κ1) is 11.8. The van der Waals surface area contributed by atoms with Gasteiger partial charge >= 0.3 is 0 Å². The summed E-state index contributed by atoms with van der Waals surface area (Å²) in [6.45, 7) is 0. The second kappa shape index (κ2) is 4.65. The van der Waals surface area contributed by atoms with Crippen LogP contribution in [0.15, 0.2) is 39.5 Å². The van der Waals surface area contributed by atoms with Crippen molar-refractivity contribution in [2.75, 3.05) is 0 Å². The van der Waals surface area contributed by atoms with E-state index >= 15 is 0 Å². The van der Waals surface area contributed by atoms with Crippen molar-refractivity contribution in [2.24, 2.45) is 5.73 Å². The van der Waals surface area contributed by atoms with Gasteiger partial charge in [0.2, 0.25) is 0 Å². The molecule has 0 aliphatic carbocycles. The summed E-state index contributed by atoms with van der Waals surface area (Å²) in [6.07, 6.45) is 3.60. The molecule has 0 fully saturated rings. The van der Waals surface area contributed by atoms with Gasteiger partial charge < -0.3 is 5.73 Å². The van der Waals surface area contributed by atoms with Crippen molar-refractivity contribution in [3.05, 3.63) is 45.2 Å². The number of halogens is 2. The molecule has 2 heterocycles. The molecule has 0 saturated heterocycles. The lowest BCUT2D eigenvalue weighted by Gasteiger charge is -2.09. The lowest BCUT2D eigenvalue weighted by atomic mass is 10.4. The van der Waals surface area contributed by atoms with Gasteiger partial charge in [-0.25, -0.2) is 4.98 Å². The Balaban J connectivity index is 2.59. The van der Waals surface area contributed by atoms with Crippen LogP contribution in [0, 0.1) is 0 Å². The maximum absolute atomic E-state index is 5.63. The monoisotopic (exact) mass is 359 g/mol. The molecule has 0 spiro atoms. The Kier molecular flexibility index (Phi) is 3.41. The molecule has 3 nitrogen and oxygen atoms in total. The highest BCUT2D eigenvalue weighted by molar-refractivity contribution is 9.11. The fourth-order valence-corrected chi connectivity index (χ4v) is 2.70. The normalized spacial score (nSPS) is 10.4. The van der Waals surface area contributed by atoms with Gasteiger partial charge in [0, 0.05) is 16.9 Å². The van der Waals surface area contributed by atoms with Crippen molar-refractivity contribution >= 4 is 49.1 Å². The van der Waals surface area contributed by atoms with Crippen molar-refractivity contribution in [3.63, 3.8) is 0 Å². The van der Waals surface area contributed by atoms with Gasteiger partial charge in [-0.1, -0.05) is 12.2 Å². The molecule has 6 heteroatoms. The van der Waals surface area contributed by atoms with E-state index in [1.165, 1.54) is 0 Å². The van der Waals surface area contributed by atoms with Crippen molar-refractivity contribution in [1.82, 2.24) is 9.55 Å². The molecule has 2 rings (SSSR count). The van der Waals surface area contributed by atoms with Crippen LogP contribution in [0.4, 0.5) is 0 Å². The minimum Gasteiger partial charge on any atom is -0.388 e. The minimum absolute atomic E-state index is 0.349. The Labute approximate surface area is 115 Å². The molecule has 0 radical (unpaired) electrons. The van der Waals surface area contributed by atoms with Crippen LogP contribution in [0.1, 0.15) is 5.69 Å². The van der Waals surface area contributed by atoms with E-state index in [1.54, 1.807) is 6.20 Å². The number of hydrogen-bond donors (Lipinski definition) is 1. The van der Waals surface area contributed by atoms with E-state index in [9.17, 15) is 0 Å². The Morgan fingerprint density at radius 1 is 1.44 bits per heavy atom. The average Bonchev–Trinajstić information content (AvgIpc) is 2.66. The van der Waals surface area contributed by atoms with Gasteiger partial charge in [-0.3, -0.25) is 4.57 Å². The van der Waals surface area contributed by atoms with Gasteiger partial charge in [-0.15, -0.1) is 0 Å².